The van der Waals surface area contributed by atoms with Gasteiger partial charge < -0.3 is 15.4 Å². The summed E-state index contributed by atoms with van der Waals surface area (Å²) >= 11 is 0. The van der Waals surface area contributed by atoms with Gasteiger partial charge in [-0.1, -0.05) is 19.8 Å². The van der Waals surface area contributed by atoms with Crippen LogP contribution in [0.5, 0.6) is 0 Å². The Labute approximate surface area is 112 Å². The van der Waals surface area contributed by atoms with Crippen LogP contribution in [-0.2, 0) is 4.74 Å². The summed E-state index contributed by atoms with van der Waals surface area (Å²) in [5, 5.41) is 0. The lowest BCUT2D eigenvalue weighted by atomic mass is 9.69. The van der Waals surface area contributed by atoms with Gasteiger partial charge in [-0.2, -0.15) is 0 Å². The first-order chi connectivity index (χ1) is 8.56. The Bertz CT molecular complexity index is 271. The molecule has 2 N–H and O–H groups in total. The first-order valence-electron chi connectivity index (χ1n) is 7.58. The first kappa shape index (κ1) is 14.3. The Morgan fingerprint density at radius 3 is 2.67 bits per heavy atom. The molecule has 2 aliphatic rings. The lowest BCUT2D eigenvalue weighted by Gasteiger charge is -2.43. The first-order valence-corrected chi connectivity index (χ1v) is 7.58. The van der Waals surface area contributed by atoms with Crippen LogP contribution < -0.4 is 5.73 Å². The molecule has 4 atom stereocenters. The van der Waals surface area contributed by atoms with Crippen molar-refractivity contribution in [3.63, 3.8) is 0 Å². The van der Waals surface area contributed by atoms with Gasteiger partial charge >= 0.3 is 0 Å². The number of rotatable bonds is 4. The van der Waals surface area contributed by atoms with Crippen LogP contribution in [0.3, 0.4) is 0 Å². The van der Waals surface area contributed by atoms with Crippen molar-refractivity contribution in [3.8, 4) is 0 Å². The number of likely N-dealkylation sites (N-methyl/N-ethyl adjacent to an activating group) is 1. The van der Waals surface area contributed by atoms with E-state index in [4.69, 9.17) is 10.5 Å². The highest BCUT2D eigenvalue weighted by Crippen LogP contribution is 2.39. The van der Waals surface area contributed by atoms with Gasteiger partial charge in [0.2, 0.25) is 0 Å². The van der Waals surface area contributed by atoms with Gasteiger partial charge in [0.05, 0.1) is 6.10 Å². The summed E-state index contributed by atoms with van der Waals surface area (Å²) in [7, 11) is 2.26. The summed E-state index contributed by atoms with van der Waals surface area (Å²) in [6, 6.07) is 0.589. The largest absolute Gasteiger partial charge is 0.377 e. The molecule has 0 aromatic heterocycles. The topological polar surface area (TPSA) is 38.5 Å². The smallest absolute Gasteiger partial charge is 0.0702 e. The average Bonchev–Trinajstić information content (AvgIpc) is 2.75. The van der Waals surface area contributed by atoms with E-state index in [1.165, 1.54) is 32.1 Å². The third-order valence-electron chi connectivity index (χ3n) is 5.11. The molecule has 2 rings (SSSR count). The Balaban J connectivity index is 1.96. The van der Waals surface area contributed by atoms with Gasteiger partial charge in [0, 0.05) is 19.2 Å². The summed E-state index contributed by atoms with van der Waals surface area (Å²) in [5.74, 6) is 0.841. The van der Waals surface area contributed by atoms with E-state index < -0.39 is 0 Å². The van der Waals surface area contributed by atoms with E-state index in [1.54, 1.807) is 0 Å². The summed E-state index contributed by atoms with van der Waals surface area (Å²) in [6.45, 7) is 7.48. The van der Waals surface area contributed by atoms with Crippen molar-refractivity contribution in [1.29, 1.82) is 0 Å². The lowest BCUT2D eigenvalue weighted by molar-refractivity contribution is 0.0453. The molecule has 4 unspecified atom stereocenters. The standard InChI is InChI=1S/C15H30N2O/c1-12-5-4-7-15(9-12,10-16)11-17(3)14-6-8-18-13(14)2/h12-14H,4-11,16H2,1-3H3. The van der Waals surface area contributed by atoms with Crippen molar-refractivity contribution in [2.24, 2.45) is 17.1 Å². The molecule has 1 aliphatic carbocycles. The fraction of sp³-hybridized carbons (Fsp3) is 1.00. The molecular formula is C15H30N2O. The van der Waals surface area contributed by atoms with Crippen LogP contribution in [0.2, 0.25) is 0 Å². The SMILES string of the molecule is CC1CCCC(CN)(CN(C)C2CCOC2C)C1. The molecule has 3 nitrogen and oxygen atoms in total. The quantitative estimate of drug-likeness (QED) is 0.836. The zero-order valence-electron chi connectivity index (χ0n) is 12.3. The minimum atomic E-state index is 0.356. The molecule has 1 heterocycles. The Hall–Kier alpha value is -0.120. The molecule has 106 valence electrons. The number of ether oxygens (including phenoxy) is 1. The zero-order chi connectivity index (χ0) is 13.2. The van der Waals surface area contributed by atoms with Gasteiger partial charge in [-0.25, -0.2) is 0 Å². The molecule has 0 radical (unpaired) electrons. The average molecular weight is 254 g/mol. The molecule has 0 aromatic rings. The maximum absolute atomic E-state index is 6.12. The Morgan fingerprint density at radius 1 is 1.33 bits per heavy atom. The fourth-order valence-electron chi connectivity index (χ4n) is 4.11. The molecule has 0 aromatic carbocycles. The lowest BCUT2D eigenvalue weighted by Crippen LogP contribution is -2.48. The summed E-state index contributed by atoms with van der Waals surface area (Å²) in [6.07, 6.45) is 6.90. The maximum atomic E-state index is 6.12. The summed E-state index contributed by atoms with van der Waals surface area (Å²) < 4.78 is 5.69. The normalized spacial score (nSPS) is 41.5. The van der Waals surface area contributed by atoms with Crippen molar-refractivity contribution in [2.75, 3.05) is 26.7 Å². The third kappa shape index (κ3) is 3.06. The van der Waals surface area contributed by atoms with Gasteiger partial charge in [0.25, 0.3) is 0 Å². The molecule has 0 amide bonds. The van der Waals surface area contributed by atoms with Gasteiger partial charge in [0.15, 0.2) is 0 Å². The molecule has 0 bridgehead atoms. The third-order valence-corrected chi connectivity index (χ3v) is 5.11. The van der Waals surface area contributed by atoms with E-state index in [0.29, 0.717) is 17.6 Å². The second-order valence-corrected chi connectivity index (χ2v) is 6.75. The molecule has 1 aliphatic heterocycles. The highest BCUT2D eigenvalue weighted by molar-refractivity contribution is 4.91. The van der Waals surface area contributed by atoms with Crippen molar-refractivity contribution in [2.45, 2.75) is 58.1 Å². The van der Waals surface area contributed by atoms with Gasteiger partial charge in [-0.05, 0) is 51.1 Å². The van der Waals surface area contributed by atoms with E-state index in [0.717, 1.165) is 25.6 Å². The summed E-state index contributed by atoms with van der Waals surface area (Å²) in [4.78, 5) is 2.52. The minimum Gasteiger partial charge on any atom is -0.377 e. The zero-order valence-corrected chi connectivity index (χ0v) is 12.3. The highest BCUT2D eigenvalue weighted by atomic mass is 16.5. The van der Waals surface area contributed by atoms with E-state index in [9.17, 15) is 0 Å². The molecule has 3 heteroatoms. The second kappa shape index (κ2) is 5.89. The van der Waals surface area contributed by atoms with Crippen molar-refractivity contribution >= 4 is 0 Å². The fourth-order valence-corrected chi connectivity index (χ4v) is 4.11. The van der Waals surface area contributed by atoms with Crippen LogP contribution >= 0.6 is 0 Å². The van der Waals surface area contributed by atoms with Gasteiger partial charge in [-0.3, -0.25) is 0 Å². The number of nitrogens with zero attached hydrogens (tertiary/aromatic N) is 1. The van der Waals surface area contributed by atoms with E-state index in [1.807, 2.05) is 0 Å². The number of hydrogen-bond donors (Lipinski definition) is 1. The van der Waals surface area contributed by atoms with E-state index in [2.05, 4.69) is 25.8 Å². The van der Waals surface area contributed by atoms with Crippen LogP contribution in [-0.4, -0.2) is 43.8 Å². The van der Waals surface area contributed by atoms with E-state index >= 15 is 0 Å². The second-order valence-electron chi connectivity index (χ2n) is 6.75. The summed E-state index contributed by atoms with van der Waals surface area (Å²) in [5.41, 5.74) is 6.48. The maximum Gasteiger partial charge on any atom is 0.0702 e. The van der Waals surface area contributed by atoms with Crippen LogP contribution in [0.4, 0.5) is 0 Å². The molecule has 18 heavy (non-hydrogen) atoms. The van der Waals surface area contributed by atoms with Crippen molar-refractivity contribution in [3.05, 3.63) is 0 Å². The molecule has 2 fully saturated rings. The highest BCUT2D eigenvalue weighted by Gasteiger charge is 2.37. The number of nitrogens with two attached hydrogens (primary N) is 1. The van der Waals surface area contributed by atoms with Crippen molar-refractivity contribution < 1.29 is 4.74 Å². The Morgan fingerprint density at radius 2 is 2.11 bits per heavy atom. The van der Waals surface area contributed by atoms with Gasteiger partial charge in [0.1, 0.15) is 0 Å². The monoisotopic (exact) mass is 254 g/mol. The molecule has 1 saturated heterocycles. The minimum absolute atomic E-state index is 0.356. The number of hydrogen-bond acceptors (Lipinski definition) is 3. The van der Waals surface area contributed by atoms with E-state index in [-0.39, 0.29) is 0 Å². The van der Waals surface area contributed by atoms with Crippen LogP contribution in [0.1, 0.15) is 46.0 Å². The van der Waals surface area contributed by atoms with Gasteiger partial charge in [-0.15, -0.1) is 0 Å². The van der Waals surface area contributed by atoms with Crippen LogP contribution in [0.25, 0.3) is 0 Å². The van der Waals surface area contributed by atoms with Crippen molar-refractivity contribution in [1.82, 2.24) is 4.90 Å². The van der Waals surface area contributed by atoms with Crippen LogP contribution in [0, 0.1) is 11.3 Å². The predicted molar refractivity (Wildman–Crippen MR) is 75.6 cm³/mol. The predicted octanol–water partition coefficient (Wildman–Crippen LogP) is 2.25. The molecule has 1 saturated carbocycles. The molecular weight excluding hydrogens is 224 g/mol. The molecule has 0 spiro atoms. The van der Waals surface area contributed by atoms with Crippen LogP contribution in [0.15, 0.2) is 0 Å². The Kier molecular flexibility index (Phi) is 4.68.